The van der Waals surface area contributed by atoms with E-state index in [1.165, 1.54) is 11.8 Å². The highest BCUT2D eigenvalue weighted by Gasteiger charge is 2.25. The molecule has 0 radical (unpaired) electrons. The van der Waals surface area contributed by atoms with E-state index in [-0.39, 0.29) is 0 Å². The molecule has 3 rings (SSSR count). The Morgan fingerprint density at radius 2 is 1.05 bits per heavy atom. The summed E-state index contributed by atoms with van der Waals surface area (Å²) in [5, 5.41) is 5.19. The average molecular weight is 406 g/mol. The number of rotatable bonds is 0. The highest BCUT2D eigenvalue weighted by Crippen LogP contribution is 2.54. The lowest BCUT2D eigenvalue weighted by Gasteiger charge is -2.24. The first-order valence-electron chi connectivity index (χ1n) is 5.20. The van der Waals surface area contributed by atoms with Crippen LogP contribution in [0.5, 0.6) is 0 Å². The molecule has 1 nitrogen and oxygen atoms in total. The van der Waals surface area contributed by atoms with Crippen molar-refractivity contribution in [3.05, 3.63) is 42.3 Å². The summed E-state index contributed by atoms with van der Waals surface area (Å²) in [6.45, 7) is 0. The molecule has 1 N–H and O–H groups in total. The van der Waals surface area contributed by atoms with Crippen LogP contribution in [0.3, 0.4) is 0 Å². The molecule has 0 fully saturated rings. The molecule has 0 atom stereocenters. The second kappa shape index (κ2) is 5.51. The predicted octanol–water partition coefficient (Wildman–Crippen LogP) is 7.82. The third-order valence-electron chi connectivity index (χ3n) is 2.72. The summed E-state index contributed by atoms with van der Waals surface area (Å²) in [4.78, 5) is 1.68. The molecule has 1 heterocycles. The van der Waals surface area contributed by atoms with E-state index in [2.05, 4.69) is 5.32 Å². The van der Waals surface area contributed by atoms with Gasteiger partial charge in [-0.25, -0.2) is 0 Å². The SMILES string of the molecule is Clc1cc2c(c(Cl)c1Cl)Nc1c(cc(Cl)c(Cl)c1Cl)S2. The lowest BCUT2D eigenvalue weighted by molar-refractivity contribution is 1.31. The van der Waals surface area contributed by atoms with E-state index in [1.807, 2.05) is 0 Å². The molecule has 0 aliphatic carbocycles. The highest BCUT2D eigenvalue weighted by atomic mass is 35.5. The number of benzene rings is 2. The molecule has 2 aromatic carbocycles. The molecule has 20 heavy (non-hydrogen) atoms. The van der Waals surface area contributed by atoms with Crippen molar-refractivity contribution < 1.29 is 0 Å². The maximum atomic E-state index is 6.21. The van der Waals surface area contributed by atoms with Gasteiger partial charge in [0.1, 0.15) is 0 Å². The third kappa shape index (κ3) is 2.36. The van der Waals surface area contributed by atoms with Gasteiger partial charge in [-0.05, 0) is 12.1 Å². The summed E-state index contributed by atoms with van der Waals surface area (Å²) in [7, 11) is 0. The van der Waals surface area contributed by atoms with Crippen LogP contribution in [0.15, 0.2) is 21.9 Å². The van der Waals surface area contributed by atoms with Gasteiger partial charge in [-0.2, -0.15) is 0 Å². The Kier molecular flexibility index (Phi) is 4.20. The largest absolute Gasteiger partial charge is 0.351 e. The van der Waals surface area contributed by atoms with Gasteiger partial charge >= 0.3 is 0 Å². The molecule has 2 aromatic rings. The van der Waals surface area contributed by atoms with Crippen LogP contribution >= 0.6 is 81.4 Å². The fourth-order valence-electron chi connectivity index (χ4n) is 1.78. The normalized spacial score (nSPS) is 12.7. The Morgan fingerprint density at radius 3 is 1.45 bits per heavy atom. The van der Waals surface area contributed by atoms with Crippen molar-refractivity contribution in [2.45, 2.75) is 9.79 Å². The number of halogens is 6. The zero-order valence-electron chi connectivity index (χ0n) is 9.33. The maximum absolute atomic E-state index is 6.21. The van der Waals surface area contributed by atoms with Gasteiger partial charge in [-0.15, -0.1) is 0 Å². The summed E-state index contributed by atoms with van der Waals surface area (Å²) < 4.78 is 0. The molecular weight excluding hydrogens is 403 g/mol. The molecule has 0 saturated heterocycles. The standard InChI is InChI=1S/C12H3Cl6NS/c13-3-1-5-11(9(17)7(3)15)19-12-6(20-5)2-4(14)8(16)10(12)18/h1-2,19H. The van der Waals surface area contributed by atoms with Gasteiger partial charge in [0, 0.05) is 9.79 Å². The maximum Gasteiger partial charge on any atom is 0.0854 e. The zero-order chi connectivity index (χ0) is 14.6. The summed E-state index contributed by atoms with van der Waals surface area (Å²) in [6.07, 6.45) is 0. The Balaban J connectivity index is 2.22. The van der Waals surface area contributed by atoms with Gasteiger partial charge in [-0.1, -0.05) is 81.4 Å². The van der Waals surface area contributed by atoms with Gasteiger partial charge < -0.3 is 5.32 Å². The van der Waals surface area contributed by atoms with Gasteiger partial charge in [0.15, 0.2) is 0 Å². The first kappa shape index (κ1) is 15.2. The van der Waals surface area contributed by atoms with Crippen molar-refractivity contribution in [2.75, 3.05) is 5.32 Å². The minimum absolute atomic E-state index is 0.291. The minimum Gasteiger partial charge on any atom is -0.351 e. The number of hydrogen-bond acceptors (Lipinski definition) is 2. The number of anilines is 2. The van der Waals surface area contributed by atoms with Crippen molar-refractivity contribution in [2.24, 2.45) is 0 Å². The number of hydrogen-bond donors (Lipinski definition) is 1. The fourth-order valence-corrected chi connectivity index (χ4v) is 4.43. The lowest BCUT2D eigenvalue weighted by Crippen LogP contribution is -2.02. The molecule has 104 valence electrons. The number of nitrogens with one attached hydrogen (secondary N) is 1. The molecule has 0 amide bonds. The fraction of sp³-hybridized carbons (Fsp3) is 0. The van der Waals surface area contributed by atoms with Gasteiger partial charge in [0.25, 0.3) is 0 Å². The quantitative estimate of drug-likeness (QED) is 0.382. The van der Waals surface area contributed by atoms with E-state index in [1.54, 1.807) is 12.1 Å². The average Bonchev–Trinajstić information content (AvgIpc) is 2.41. The van der Waals surface area contributed by atoms with Crippen LogP contribution in [0.1, 0.15) is 0 Å². The van der Waals surface area contributed by atoms with Crippen LogP contribution in [0.4, 0.5) is 11.4 Å². The Hall–Kier alpha value is 0.330. The van der Waals surface area contributed by atoms with Crippen molar-refractivity contribution in [1.29, 1.82) is 0 Å². The molecule has 1 aliphatic heterocycles. The Morgan fingerprint density at radius 1 is 0.650 bits per heavy atom. The van der Waals surface area contributed by atoms with Crippen LogP contribution in [0.2, 0.25) is 30.1 Å². The number of fused-ring (bicyclic) bond motifs is 2. The van der Waals surface area contributed by atoms with E-state index in [0.29, 0.717) is 41.5 Å². The van der Waals surface area contributed by atoms with E-state index < -0.39 is 0 Å². The second-order valence-corrected chi connectivity index (χ2v) is 7.36. The van der Waals surface area contributed by atoms with Crippen LogP contribution < -0.4 is 5.32 Å². The molecule has 0 spiro atoms. The Bertz CT molecular complexity index is 684. The van der Waals surface area contributed by atoms with Gasteiger partial charge in [0.2, 0.25) is 0 Å². The molecular formula is C12H3Cl6NS. The van der Waals surface area contributed by atoms with Crippen molar-refractivity contribution in [1.82, 2.24) is 0 Å². The minimum atomic E-state index is 0.291. The van der Waals surface area contributed by atoms with E-state index in [4.69, 9.17) is 69.6 Å². The molecule has 8 heteroatoms. The van der Waals surface area contributed by atoms with Crippen LogP contribution in [0, 0.1) is 0 Å². The molecule has 0 bridgehead atoms. The summed E-state index contributed by atoms with van der Waals surface area (Å²) in [5.74, 6) is 0. The van der Waals surface area contributed by atoms with Crippen molar-refractivity contribution in [3.8, 4) is 0 Å². The first-order valence-corrected chi connectivity index (χ1v) is 8.28. The van der Waals surface area contributed by atoms with Crippen LogP contribution in [-0.4, -0.2) is 0 Å². The van der Waals surface area contributed by atoms with E-state index >= 15 is 0 Å². The summed E-state index contributed by atoms with van der Waals surface area (Å²) >= 11 is 38.0. The van der Waals surface area contributed by atoms with Gasteiger partial charge in [0.05, 0.1) is 41.5 Å². The smallest absolute Gasteiger partial charge is 0.0854 e. The summed E-state index contributed by atoms with van der Waals surface area (Å²) in [6, 6.07) is 3.48. The summed E-state index contributed by atoms with van der Waals surface area (Å²) in [5.41, 5.74) is 1.30. The van der Waals surface area contributed by atoms with Crippen LogP contribution in [0.25, 0.3) is 0 Å². The molecule has 0 saturated carbocycles. The second-order valence-electron chi connectivity index (χ2n) is 3.95. The van der Waals surface area contributed by atoms with E-state index in [9.17, 15) is 0 Å². The topological polar surface area (TPSA) is 12.0 Å². The predicted molar refractivity (Wildman–Crippen MR) is 90.3 cm³/mol. The van der Waals surface area contributed by atoms with Crippen molar-refractivity contribution >= 4 is 92.7 Å². The molecule has 0 unspecified atom stereocenters. The van der Waals surface area contributed by atoms with Gasteiger partial charge in [-0.3, -0.25) is 0 Å². The monoisotopic (exact) mass is 403 g/mol. The van der Waals surface area contributed by atoms with Crippen LogP contribution in [-0.2, 0) is 0 Å². The first-order chi connectivity index (χ1) is 9.40. The third-order valence-corrected chi connectivity index (χ3v) is 6.33. The van der Waals surface area contributed by atoms with E-state index in [0.717, 1.165) is 9.79 Å². The highest BCUT2D eigenvalue weighted by molar-refractivity contribution is 7.99. The van der Waals surface area contributed by atoms with Crippen molar-refractivity contribution in [3.63, 3.8) is 0 Å². The lowest BCUT2D eigenvalue weighted by atomic mass is 10.2. The molecule has 1 aliphatic rings. The zero-order valence-corrected chi connectivity index (χ0v) is 14.7. The Labute approximate surface area is 149 Å². The molecule has 0 aromatic heterocycles.